The number of H-pyrrole nitrogens is 1. The van der Waals surface area contributed by atoms with Gasteiger partial charge in [0.2, 0.25) is 5.95 Å². The Bertz CT molecular complexity index is 1270. The number of hydrogen-bond acceptors (Lipinski definition) is 7. The standard InChI is InChI=1S/C21H21F2N5O2.C4H9N/c1-12-21(30)26-19-16(24-12)5-4-15(18(19)22)13(2)27-7-9-28(10-8-27)17-6-3-14(11-29)25-20(17)23;1-5-4-2-3-4/h3-6,11,13H,7-10H2,1-2H3,(H,26,30);4-5H,2-3H2,1H3/t13-;/m1./s1. The van der Waals surface area contributed by atoms with E-state index in [0.717, 1.165) is 6.04 Å². The van der Waals surface area contributed by atoms with Gasteiger partial charge in [-0.1, -0.05) is 6.07 Å². The first-order chi connectivity index (χ1) is 16.8. The van der Waals surface area contributed by atoms with E-state index in [2.05, 4.69) is 25.2 Å². The maximum atomic E-state index is 15.1. The van der Waals surface area contributed by atoms with E-state index in [-0.39, 0.29) is 17.3 Å². The Hall–Kier alpha value is -3.24. The van der Waals surface area contributed by atoms with Crippen LogP contribution in [0, 0.1) is 18.7 Å². The lowest BCUT2D eigenvalue weighted by Crippen LogP contribution is -2.47. The second-order valence-corrected chi connectivity index (χ2v) is 8.94. The summed E-state index contributed by atoms with van der Waals surface area (Å²) in [5.74, 6) is -1.15. The van der Waals surface area contributed by atoms with Gasteiger partial charge < -0.3 is 15.2 Å². The van der Waals surface area contributed by atoms with Gasteiger partial charge >= 0.3 is 0 Å². The van der Waals surface area contributed by atoms with E-state index in [1.807, 2.05) is 18.9 Å². The van der Waals surface area contributed by atoms with Crippen LogP contribution in [0.1, 0.15) is 47.6 Å². The molecule has 10 heteroatoms. The first kappa shape index (κ1) is 24.9. The quantitative estimate of drug-likeness (QED) is 0.425. The van der Waals surface area contributed by atoms with Crippen molar-refractivity contribution in [2.75, 3.05) is 38.1 Å². The molecule has 1 saturated carbocycles. The van der Waals surface area contributed by atoms with E-state index >= 15 is 4.39 Å². The number of benzene rings is 1. The van der Waals surface area contributed by atoms with Gasteiger partial charge in [-0.05, 0) is 51.9 Å². The van der Waals surface area contributed by atoms with Gasteiger partial charge in [0.15, 0.2) is 12.1 Å². The summed E-state index contributed by atoms with van der Waals surface area (Å²) < 4.78 is 29.3. The number of anilines is 1. The molecule has 0 spiro atoms. The summed E-state index contributed by atoms with van der Waals surface area (Å²) in [6.07, 6.45) is 3.31. The van der Waals surface area contributed by atoms with Crippen LogP contribution in [0.2, 0.25) is 0 Å². The predicted molar refractivity (Wildman–Crippen MR) is 131 cm³/mol. The maximum absolute atomic E-state index is 15.1. The number of carbonyl (C=O) groups excluding carboxylic acids is 1. The van der Waals surface area contributed by atoms with Crippen LogP contribution in [0.25, 0.3) is 11.0 Å². The molecule has 0 radical (unpaired) electrons. The summed E-state index contributed by atoms with van der Waals surface area (Å²) >= 11 is 0. The Kier molecular flexibility index (Phi) is 7.51. The summed E-state index contributed by atoms with van der Waals surface area (Å²) in [4.78, 5) is 36.9. The van der Waals surface area contributed by atoms with Crippen molar-refractivity contribution in [3.05, 3.63) is 63.3 Å². The van der Waals surface area contributed by atoms with E-state index in [0.29, 0.717) is 54.9 Å². The highest BCUT2D eigenvalue weighted by molar-refractivity contribution is 5.76. The molecule has 2 fully saturated rings. The van der Waals surface area contributed by atoms with Crippen molar-refractivity contribution >= 4 is 23.0 Å². The molecule has 0 amide bonds. The van der Waals surface area contributed by atoms with Gasteiger partial charge in [0.1, 0.15) is 16.9 Å². The van der Waals surface area contributed by atoms with Crippen molar-refractivity contribution in [3.63, 3.8) is 0 Å². The average molecular weight is 485 g/mol. The van der Waals surface area contributed by atoms with E-state index in [9.17, 15) is 14.0 Å². The summed E-state index contributed by atoms with van der Waals surface area (Å²) in [5.41, 5.74) is 1.28. The van der Waals surface area contributed by atoms with Gasteiger partial charge in [-0.3, -0.25) is 14.5 Å². The number of hydrogen-bond donors (Lipinski definition) is 2. The molecule has 1 saturated heterocycles. The number of rotatable bonds is 5. The normalized spacial score (nSPS) is 17.1. The summed E-state index contributed by atoms with van der Waals surface area (Å²) in [6, 6.07) is 7.10. The fourth-order valence-corrected chi connectivity index (χ4v) is 4.21. The van der Waals surface area contributed by atoms with Crippen LogP contribution in [0.3, 0.4) is 0 Å². The predicted octanol–water partition coefficient (Wildman–Crippen LogP) is 2.97. The number of aryl methyl sites for hydroxylation is 1. The molecule has 2 N–H and O–H groups in total. The van der Waals surface area contributed by atoms with Crippen LogP contribution in [-0.2, 0) is 0 Å². The number of piperazine rings is 1. The highest BCUT2D eigenvalue weighted by atomic mass is 19.1. The number of nitrogens with zero attached hydrogens (tertiary/aromatic N) is 4. The van der Waals surface area contributed by atoms with Gasteiger partial charge in [0.25, 0.3) is 5.56 Å². The van der Waals surface area contributed by atoms with Crippen LogP contribution >= 0.6 is 0 Å². The molecular formula is C25H30F2N6O2. The van der Waals surface area contributed by atoms with E-state index < -0.39 is 17.3 Å². The average Bonchev–Trinajstić information content (AvgIpc) is 3.70. The molecule has 35 heavy (non-hydrogen) atoms. The molecule has 3 aromatic rings. The topological polar surface area (TPSA) is 94.2 Å². The van der Waals surface area contributed by atoms with Gasteiger partial charge in [-0.2, -0.15) is 4.39 Å². The fraction of sp³-hybridized carbons (Fsp3) is 0.440. The summed E-state index contributed by atoms with van der Waals surface area (Å²) in [6.45, 7) is 5.75. The Balaban J connectivity index is 0.000000514. The fourth-order valence-electron chi connectivity index (χ4n) is 4.21. The number of halogens is 2. The largest absolute Gasteiger partial charge is 0.365 e. The number of nitrogens with one attached hydrogen (secondary N) is 2. The smallest absolute Gasteiger partial charge is 0.269 e. The molecule has 8 nitrogen and oxygen atoms in total. The first-order valence-electron chi connectivity index (χ1n) is 11.8. The number of fused-ring (bicyclic) bond motifs is 1. The first-order valence-corrected chi connectivity index (χ1v) is 11.8. The maximum Gasteiger partial charge on any atom is 0.269 e. The number of aromatic nitrogens is 3. The zero-order chi connectivity index (χ0) is 25.1. The molecule has 0 bridgehead atoms. The Morgan fingerprint density at radius 1 is 1.11 bits per heavy atom. The molecule has 186 valence electrons. The third kappa shape index (κ3) is 5.54. The molecule has 1 atom stereocenters. The number of aldehydes is 1. The van der Waals surface area contributed by atoms with Crippen LogP contribution < -0.4 is 15.8 Å². The van der Waals surface area contributed by atoms with E-state index in [4.69, 9.17) is 0 Å². The van der Waals surface area contributed by atoms with Gasteiger partial charge in [-0.15, -0.1) is 0 Å². The highest BCUT2D eigenvalue weighted by Gasteiger charge is 2.26. The highest BCUT2D eigenvalue weighted by Crippen LogP contribution is 2.29. The minimum absolute atomic E-state index is 0.0537. The van der Waals surface area contributed by atoms with Crippen molar-refractivity contribution in [2.45, 2.75) is 38.8 Å². The lowest BCUT2D eigenvalue weighted by molar-refractivity contribution is 0.111. The third-order valence-electron chi connectivity index (χ3n) is 6.61. The van der Waals surface area contributed by atoms with Crippen molar-refractivity contribution in [1.82, 2.24) is 25.2 Å². The SMILES string of the molecule is CNC1CC1.Cc1nc2ccc([C@@H](C)N3CCN(c4ccc(C=O)nc4F)CC3)c(F)c2[nH]c1=O. The second kappa shape index (κ2) is 10.6. The number of pyridine rings is 1. The van der Waals surface area contributed by atoms with Crippen molar-refractivity contribution in [1.29, 1.82) is 0 Å². The monoisotopic (exact) mass is 484 g/mol. The van der Waals surface area contributed by atoms with Crippen LogP contribution in [0.15, 0.2) is 29.1 Å². The van der Waals surface area contributed by atoms with Crippen molar-refractivity contribution < 1.29 is 13.6 Å². The molecule has 3 heterocycles. The molecule has 2 aromatic heterocycles. The zero-order valence-corrected chi connectivity index (χ0v) is 20.1. The summed E-state index contributed by atoms with van der Waals surface area (Å²) in [7, 11) is 2.01. The van der Waals surface area contributed by atoms with Gasteiger partial charge in [-0.25, -0.2) is 14.4 Å². The van der Waals surface area contributed by atoms with Gasteiger partial charge in [0, 0.05) is 43.8 Å². The number of aromatic amines is 1. The molecule has 0 unspecified atom stereocenters. The van der Waals surface area contributed by atoms with E-state index in [1.165, 1.54) is 18.9 Å². The van der Waals surface area contributed by atoms with Crippen molar-refractivity contribution in [2.24, 2.45) is 0 Å². The third-order valence-corrected chi connectivity index (χ3v) is 6.61. The molecule has 1 aliphatic heterocycles. The minimum Gasteiger partial charge on any atom is -0.365 e. The Labute approximate surface area is 202 Å². The van der Waals surface area contributed by atoms with E-state index in [1.54, 1.807) is 25.1 Å². The lowest BCUT2D eigenvalue weighted by Gasteiger charge is -2.39. The number of carbonyl (C=O) groups is 1. The van der Waals surface area contributed by atoms with Gasteiger partial charge in [0.05, 0.1) is 11.2 Å². The Morgan fingerprint density at radius 3 is 2.40 bits per heavy atom. The molecule has 5 rings (SSSR count). The molecule has 1 aromatic carbocycles. The van der Waals surface area contributed by atoms with Crippen LogP contribution in [0.4, 0.5) is 14.5 Å². The van der Waals surface area contributed by atoms with Crippen molar-refractivity contribution in [3.8, 4) is 0 Å². The molecular weight excluding hydrogens is 454 g/mol. The minimum atomic E-state index is -0.673. The molecule has 1 aliphatic carbocycles. The Morgan fingerprint density at radius 2 is 1.83 bits per heavy atom. The second-order valence-electron chi connectivity index (χ2n) is 8.94. The van der Waals surface area contributed by atoms with Crippen LogP contribution in [-0.4, -0.2) is 65.4 Å². The summed E-state index contributed by atoms with van der Waals surface area (Å²) in [5, 5.41) is 3.14. The van der Waals surface area contributed by atoms with Crippen LogP contribution in [0.5, 0.6) is 0 Å². The zero-order valence-electron chi connectivity index (χ0n) is 20.1. The molecule has 2 aliphatic rings. The lowest BCUT2D eigenvalue weighted by atomic mass is 10.0.